The summed E-state index contributed by atoms with van der Waals surface area (Å²) in [6.45, 7) is 3.89. The van der Waals surface area contributed by atoms with E-state index >= 15 is 0 Å². The molecule has 0 spiro atoms. The number of hydrogen-bond acceptors (Lipinski definition) is 6. The van der Waals surface area contributed by atoms with Crippen LogP contribution in [0.4, 0.5) is 10.5 Å². The van der Waals surface area contributed by atoms with Crippen molar-refractivity contribution in [2.75, 3.05) is 5.32 Å². The lowest BCUT2D eigenvalue weighted by Crippen LogP contribution is -2.24. The Labute approximate surface area is 175 Å². The van der Waals surface area contributed by atoms with Crippen LogP contribution in [0.2, 0.25) is 0 Å². The first kappa shape index (κ1) is 19.2. The Kier molecular flexibility index (Phi) is 5.37. The van der Waals surface area contributed by atoms with E-state index in [9.17, 15) is 9.59 Å². The first-order chi connectivity index (χ1) is 14.0. The minimum Gasteiger partial charge on any atom is -0.436 e. The molecular formula is C21H17N3O3S2. The molecule has 4 rings (SSSR count). The van der Waals surface area contributed by atoms with Crippen LogP contribution in [0.1, 0.15) is 20.8 Å². The summed E-state index contributed by atoms with van der Waals surface area (Å²) in [5.41, 5.74) is 4.85. The average Bonchev–Trinajstić information content (AvgIpc) is 3.37. The second-order valence-corrected chi connectivity index (χ2v) is 8.17. The molecule has 0 unspecified atom stereocenters. The molecule has 2 amide bonds. The van der Waals surface area contributed by atoms with Crippen molar-refractivity contribution in [1.82, 2.24) is 9.71 Å². The summed E-state index contributed by atoms with van der Waals surface area (Å²) < 4.78 is 8.36. The van der Waals surface area contributed by atoms with Gasteiger partial charge < -0.3 is 9.73 Å². The molecule has 6 nitrogen and oxygen atoms in total. The number of urea groups is 1. The van der Waals surface area contributed by atoms with Crippen LogP contribution in [0.3, 0.4) is 0 Å². The van der Waals surface area contributed by atoms with Gasteiger partial charge in [0, 0.05) is 23.2 Å². The van der Waals surface area contributed by atoms with Crippen molar-refractivity contribution in [1.29, 1.82) is 0 Å². The van der Waals surface area contributed by atoms with Crippen LogP contribution in [-0.4, -0.2) is 16.1 Å². The Hall–Kier alpha value is -3.10. The van der Waals surface area contributed by atoms with Crippen molar-refractivity contribution in [3.8, 4) is 11.5 Å². The molecule has 4 aromatic rings. The quantitative estimate of drug-likeness (QED) is 0.408. The minimum absolute atomic E-state index is 0.206. The maximum Gasteiger partial charge on any atom is 0.329 e. The molecule has 0 fully saturated rings. The number of anilines is 1. The van der Waals surface area contributed by atoms with Crippen LogP contribution in [0.15, 0.2) is 58.3 Å². The predicted molar refractivity (Wildman–Crippen MR) is 117 cm³/mol. The van der Waals surface area contributed by atoms with Gasteiger partial charge in [0.15, 0.2) is 5.58 Å². The summed E-state index contributed by atoms with van der Waals surface area (Å²) >= 11 is 2.08. The number of aryl methyl sites for hydroxylation is 2. The summed E-state index contributed by atoms with van der Waals surface area (Å²) in [5, 5.41) is 4.38. The number of aromatic nitrogens is 1. The maximum atomic E-state index is 12.2. The van der Waals surface area contributed by atoms with Crippen molar-refractivity contribution >= 4 is 51.2 Å². The number of carbonyl (C=O) groups excluding carboxylic acids is 2. The fourth-order valence-electron chi connectivity index (χ4n) is 2.74. The second kappa shape index (κ2) is 8.10. The zero-order valence-corrected chi connectivity index (χ0v) is 17.3. The minimum atomic E-state index is -0.478. The van der Waals surface area contributed by atoms with E-state index < -0.39 is 6.03 Å². The predicted octanol–water partition coefficient (Wildman–Crippen LogP) is 5.78. The number of fused-ring (bicyclic) bond motifs is 1. The molecule has 29 heavy (non-hydrogen) atoms. The zero-order chi connectivity index (χ0) is 20.4. The van der Waals surface area contributed by atoms with Gasteiger partial charge in [0.2, 0.25) is 11.0 Å². The van der Waals surface area contributed by atoms with E-state index in [1.165, 1.54) is 11.3 Å². The molecule has 0 aliphatic carbocycles. The Morgan fingerprint density at radius 3 is 2.76 bits per heavy atom. The van der Waals surface area contributed by atoms with Crippen LogP contribution in [0, 0.1) is 13.8 Å². The van der Waals surface area contributed by atoms with E-state index in [1.807, 2.05) is 49.6 Å². The van der Waals surface area contributed by atoms with E-state index in [0.717, 1.165) is 34.2 Å². The lowest BCUT2D eigenvalue weighted by Gasteiger charge is -2.10. The lowest BCUT2D eigenvalue weighted by atomic mass is 10.1. The van der Waals surface area contributed by atoms with Crippen molar-refractivity contribution in [3.63, 3.8) is 0 Å². The Morgan fingerprint density at radius 1 is 1.10 bits per heavy atom. The molecular weight excluding hydrogens is 406 g/mol. The third-order valence-corrected chi connectivity index (χ3v) is 5.93. The van der Waals surface area contributed by atoms with Crippen LogP contribution >= 0.6 is 23.3 Å². The van der Waals surface area contributed by atoms with Crippen molar-refractivity contribution in [3.05, 3.63) is 69.9 Å². The highest BCUT2D eigenvalue weighted by Crippen LogP contribution is 2.28. The number of hydrogen-bond donors (Lipinski definition) is 2. The molecule has 0 saturated heterocycles. The molecule has 0 saturated carbocycles. The number of benzene rings is 2. The van der Waals surface area contributed by atoms with Gasteiger partial charge in [0.25, 0.3) is 0 Å². The van der Waals surface area contributed by atoms with Crippen molar-refractivity contribution < 1.29 is 14.0 Å². The van der Waals surface area contributed by atoms with Gasteiger partial charge in [-0.3, -0.25) is 9.52 Å². The average molecular weight is 424 g/mol. The molecule has 0 atom stereocenters. The second-order valence-electron chi connectivity index (χ2n) is 6.44. The van der Waals surface area contributed by atoms with E-state index in [2.05, 4.69) is 15.0 Å². The smallest absolute Gasteiger partial charge is 0.329 e. The monoisotopic (exact) mass is 423 g/mol. The number of amides is 2. The fourth-order valence-corrected chi connectivity index (χ4v) is 3.97. The van der Waals surface area contributed by atoms with E-state index in [1.54, 1.807) is 18.2 Å². The first-order valence-electron chi connectivity index (χ1n) is 8.79. The molecule has 0 aliphatic rings. The third-order valence-electron chi connectivity index (χ3n) is 4.23. The number of carbonyl (C=O) groups is 2. The number of rotatable bonds is 3. The molecule has 2 aromatic heterocycles. The molecule has 0 aliphatic heterocycles. The topological polar surface area (TPSA) is 84.2 Å². The third kappa shape index (κ3) is 4.33. The van der Waals surface area contributed by atoms with Gasteiger partial charge in [-0.05, 0) is 60.7 Å². The normalized spacial score (nSPS) is 10.8. The lowest BCUT2D eigenvalue weighted by molar-refractivity contribution is 0.109. The van der Waals surface area contributed by atoms with Gasteiger partial charge in [-0.2, -0.15) is 0 Å². The Bertz CT molecular complexity index is 1200. The summed E-state index contributed by atoms with van der Waals surface area (Å²) in [4.78, 5) is 29.3. The highest BCUT2D eigenvalue weighted by atomic mass is 32.2. The SMILES string of the molecule is Cc1ccc2oc(-c3ccc(C)c(NC(=O)NSC(=O)c4cccs4)c3)nc2c1. The highest BCUT2D eigenvalue weighted by Gasteiger charge is 2.13. The fraction of sp³-hybridized carbons (Fsp3) is 0.0952. The van der Waals surface area contributed by atoms with Crippen LogP contribution in [0.25, 0.3) is 22.6 Å². The zero-order valence-electron chi connectivity index (χ0n) is 15.7. The van der Waals surface area contributed by atoms with Gasteiger partial charge in [-0.25, -0.2) is 9.78 Å². The van der Waals surface area contributed by atoms with Gasteiger partial charge in [0.05, 0.1) is 4.88 Å². The standard InChI is InChI=1S/C21H17N3O3S2/c1-12-5-8-17-16(10-12)22-19(27-17)14-7-6-13(2)15(11-14)23-21(26)24-29-20(25)18-4-3-9-28-18/h3-11H,1-2H3,(H2,23,24,26). The molecule has 2 aromatic carbocycles. The Balaban J connectivity index is 1.49. The first-order valence-corrected chi connectivity index (χ1v) is 10.5. The van der Waals surface area contributed by atoms with Crippen LogP contribution in [0.5, 0.6) is 0 Å². The summed E-state index contributed by atoms with van der Waals surface area (Å²) in [6.07, 6.45) is 0. The molecule has 146 valence electrons. The van der Waals surface area contributed by atoms with Crippen LogP contribution < -0.4 is 10.0 Å². The molecule has 8 heteroatoms. The molecule has 2 heterocycles. The van der Waals surface area contributed by atoms with Gasteiger partial charge in [0.1, 0.15) is 5.52 Å². The summed E-state index contributed by atoms with van der Waals surface area (Å²) in [7, 11) is 0. The van der Waals surface area contributed by atoms with Crippen molar-refractivity contribution in [2.24, 2.45) is 0 Å². The van der Waals surface area contributed by atoms with Crippen LogP contribution in [-0.2, 0) is 0 Å². The van der Waals surface area contributed by atoms with E-state index in [0.29, 0.717) is 22.0 Å². The van der Waals surface area contributed by atoms with Gasteiger partial charge in [-0.15, -0.1) is 11.3 Å². The van der Waals surface area contributed by atoms with Gasteiger partial charge in [-0.1, -0.05) is 18.2 Å². The molecule has 2 N–H and O–H groups in total. The summed E-state index contributed by atoms with van der Waals surface area (Å²) in [6, 6.07) is 14.4. The largest absolute Gasteiger partial charge is 0.436 e. The highest BCUT2D eigenvalue weighted by molar-refractivity contribution is 8.13. The number of thiophene rings is 1. The summed E-state index contributed by atoms with van der Waals surface area (Å²) in [5.74, 6) is 0.483. The van der Waals surface area contributed by atoms with Crippen molar-refractivity contribution in [2.45, 2.75) is 13.8 Å². The number of oxazole rings is 1. The van der Waals surface area contributed by atoms with E-state index in [4.69, 9.17) is 4.42 Å². The van der Waals surface area contributed by atoms with Gasteiger partial charge >= 0.3 is 6.03 Å². The number of nitrogens with zero attached hydrogens (tertiary/aromatic N) is 1. The maximum absolute atomic E-state index is 12.2. The molecule has 0 bridgehead atoms. The molecule has 0 radical (unpaired) electrons. The Morgan fingerprint density at radius 2 is 1.97 bits per heavy atom. The number of nitrogens with one attached hydrogen (secondary N) is 2. The van der Waals surface area contributed by atoms with E-state index in [-0.39, 0.29) is 5.12 Å².